The first-order chi connectivity index (χ1) is 26.9. The van der Waals surface area contributed by atoms with E-state index in [1.807, 2.05) is 0 Å². The molecule has 5 aliphatic rings. The van der Waals surface area contributed by atoms with Gasteiger partial charge in [-0.25, -0.2) is 0 Å². The van der Waals surface area contributed by atoms with Gasteiger partial charge in [0.15, 0.2) is 0 Å². The fourth-order valence-electron chi connectivity index (χ4n) is 10.8. The highest BCUT2D eigenvalue weighted by Gasteiger charge is 2.61. The monoisotopic (exact) mass is 713 g/mol. The van der Waals surface area contributed by atoms with Gasteiger partial charge in [-0.15, -0.1) is 6.58 Å². The predicted molar refractivity (Wildman–Crippen MR) is 236 cm³/mol. The standard InChI is InChI=1S/C51H48BN3/c1-5-6-27-46-48-36(2)53(39-21-12-9-13-22-39)47-35-42(54(40-23-10-7-8-11-24-40)41-29-28-37-19-14-15-20-38(37)34-41)30-31-44(47)52(48)45-26-18-25-43-49(45)55(46)51(4)33-17-16-32-50(43,51)3/h5,7-10,12-15,18-31,34-35H,1,6,11,16-17,32-33H2,2-4H3/b46-27+. The molecule has 5 aromatic carbocycles. The molecule has 0 N–H and O–H groups in total. The molecule has 55 heavy (non-hydrogen) atoms. The Bertz CT molecular complexity index is 2540. The van der Waals surface area contributed by atoms with Crippen molar-refractivity contribution < 1.29 is 0 Å². The van der Waals surface area contributed by atoms with Gasteiger partial charge < -0.3 is 14.7 Å². The number of allylic oxidation sites excluding steroid dienone is 9. The highest BCUT2D eigenvalue weighted by molar-refractivity contribution is 6.94. The minimum atomic E-state index is -0.00812. The smallest absolute Gasteiger partial charge is 0.251 e. The number of nitrogens with zero attached hydrogens (tertiary/aromatic N) is 3. The third-order valence-electron chi connectivity index (χ3n) is 13.5. The van der Waals surface area contributed by atoms with Crippen LogP contribution in [0.1, 0.15) is 64.9 Å². The molecule has 0 spiro atoms. The van der Waals surface area contributed by atoms with Gasteiger partial charge in [0.1, 0.15) is 0 Å². The Balaban J connectivity index is 1.24. The molecule has 2 unspecified atom stereocenters. The van der Waals surface area contributed by atoms with E-state index >= 15 is 0 Å². The molecule has 0 amide bonds. The minimum Gasteiger partial charge on any atom is -0.336 e. The number of benzene rings is 5. The Morgan fingerprint density at radius 1 is 0.800 bits per heavy atom. The van der Waals surface area contributed by atoms with Crippen molar-refractivity contribution in [3.05, 3.63) is 186 Å². The Morgan fingerprint density at radius 3 is 2.44 bits per heavy atom. The van der Waals surface area contributed by atoms with E-state index in [2.05, 4.69) is 194 Å². The molecule has 0 radical (unpaired) electrons. The number of para-hydroxylation sites is 2. The maximum atomic E-state index is 4.19. The number of hydrogen-bond acceptors (Lipinski definition) is 3. The van der Waals surface area contributed by atoms with Crippen LogP contribution >= 0.6 is 0 Å². The molecular formula is C51H48BN3. The summed E-state index contributed by atoms with van der Waals surface area (Å²) < 4.78 is 0. The molecule has 0 saturated heterocycles. The van der Waals surface area contributed by atoms with E-state index in [9.17, 15) is 0 Å². The van der Waals surface area contributed by atoms with E-state index in [1.165, 1.54) is 92.6 Å². The third kappa shape index (κ3) is 4.96. The van der Waals surface area contributed by atoms with E-state index in [0.29, 0.717) is 0 Å². The quantitative estimate of drug-likeness (QED) is 0.128. The molecule has 3 heterocycles. The van der Waals surface area contributed by atoms with Crippen LogP contribution in [-0.4, -0.2) is 12.3 Å². The van der Waals surface area contributed by atoms with Crippen LogP contribution in [0.25, 0.3) is 10.8 Å². The maximum absolute atomic E-state index is 4.19. The molecule has 3 nitrogen and oxygen atoms in total. The molecule has 0 bridgehead atoms. The average molecular weight is 714 g/mol. The van der Waals surface area contributed by atoms with Crippen molar-refractivity contribution in [3.8, 4) is 0 Å². The first-order valence-corrected chi connectivity index (χ1v) is 20.2. The van der Waals surface area contributed by atoms with Gasteiger partial charge in [0.2, 0.25) is 0 Å². The van der Waals surface area contributed by atoms with Gasteiger partial charge in [-0.3, -0.25) is 0 Å². The second kappa shape index (κ2) is 12.9. The molecule has 3 aliphatic heterocycles. The Hall–Kier alpha value is -5.74. The van der Waals surface area contributed by atoms with E-state index in [4.69, 9.17) is 0 Å². The predicted octanol–water partition coefficient (Wildman–Crippen LogP) is 11.8. The minimum absolute atomic E-state index is 0.00812. The molecule has 10 rings (SSSR count). The molecular weight excluding hydrogens is 665 g/mol. The van der Waals surface area contributed by atoms with Gasteiger partial charge in [-0.1, -0.05) is 129 Å². The summed E-state index contributed by atoms with van der Waals surface area (Å²) in [5, 5.41) is 2.48. The average Bonchev–Trinajstić information content (AvgIpc) is 3.36. The zero-order valence-electron chi connectivity index (χ0n) is 32.3. The fraction of sp³-hybridized carbons (Fsp3) is 0.216. The molecule has 5 aromatic rings. The second-order valence-corrected chi connectivity index (χ2v) is 16.4. The Morgan fingerprint density at radius 2 is 1.58 bits per heavy atom. The highest BCUT2D eigenvalue weighted by atomic mass is 15.3. The van der Waals surface area contributed by atoms with E-state index in [-0.39, 0.29) is 17.7 Å². The number of anilines is 5. The summed E-state index contributed by atoms with van der Waals surface area (Å²) in [5.74, 6) is 0. The molecule has 0 aromatic heterocycles. The normalized spacial score (nSPS) is 22.9. The highest BCUT2D eigenvalue weighted by Crippen LogP contribution is 2.61. The lowest BCUT2D eigenvalue weighted by atomic mass is 9.32. The van der Waals surface area contributed by atoms with E-state index in [1.54, 1.807) is 0 Å². The summed E-state index contributed by atoms with van der Waals surface area (Å²) in [5.41, 5.74) is 15.8. The molecule has 4 heteroatoms. The van der Waals surface area contributed by atoms with Crippen molar-refractivity contribution in [2.24, 2.45) is 0 Å². The van der Waals surface area contributed by atoms with Gasteiger partial charge in [0.05, 0.1) is 5.54 Å². The SMILES string of the molecule is C=CC/C=C1\C2=C(C)N(c3ccccc3)c3cc(N(C4=CCC=CC=C4)c4ccc5ccccc5c4)ccc3B2c2cccc3c2N1C1(C)CCCCC31C. The second-order valence-electron chi connectivity index (χ2n) is 16.4. The van der Waals surface area contributed by atoms with Crippen LogP contribution in [-0.2, 0) is 5.41 Å². The lowest BCUT2D eigenvalue weighted by Gasteiger charge is -2.53. The van der Waals surface area contributed by atoms with Crippen molar-refractivity contribution >= 4 is 56.8 Å². The third-order valence-corrected chi connectivity index (χ3v) is 13.5. The van der Waals surface area contributed by atoms with Gasteiger partial charge in [0.25, 0.3) is 6.71 Å². The lowest BCUT2D eigenvalue weighted by molar-refractivity contribution is 0.191. The summed E-state index contributed by atoms with van der Waals surface area (Å²) in [6.07, 6.45) is 22.3. The summed E-state index contributed by atoms with van der Waals surface area (Å²) >= 11 is 0. The van der Waals surface area contributed by atoms with E-state index in [0.717, 1.165) is 24.2 Å². The molecule has 2 atom stereocenters. The van der Waals surface area contributed by atoms with Gasteiger partial charge in [0, 0.05) is 50.9 Å². The van der Waals surface area contributed by atoms with Crippen molar-refractivity contribution in [2.75, 3.05) is 14.7 Å². The van der Waals surface area contributed by atoms with Crippen LogP contribution in [0, 0.1) is 0 Å². The molecule has 1 fully saturated rings. The van der Waals surface area contributed by atoms with Gasteiger partial charge in [-0.2, -0.15) is 0 Å². The largest absolute Gasteiger partial charge is 0.336 e. The van der Waals surface area contributed by atoms with Gasteiger partial charge >= 0.3 is 0 Å². The summed E-state index contributed by atoms with van der Waals surface area (Å²) in [7, 11) is 0. The van der Waals surface area contributed by atoms with Crippen molar-refractivity contribution in [3.63, 3.8) is 0 Å². The maximum Gasteiger partial charge on any atom is 0.251 e. The first-order valence-electron chi connectivity index (χ1n) is 20.2. The van der Waals surface area contributed by atoms with Crippen LogP contribution in [0.4, 0.5) is 28.4 Å². The molecule has 2 aliphatic carbocycles. The topological polar surface area (TPSA) is 9.72 Å². The summed E-state index contributed by atoms with van der Waals surface area (Å²) in [6.45, 7) is 11.8. The van der Waals surface area contributed by atoms with Crippen molar-refractivity contribution in [2.45, 2.75) is 70.3 Å². The molecule has 270 valence electrons. The zero-order valence-corrected chi connectivity index (χ0v) is 32.3. The first kappa shape index (κ1) is 33.8. The summed E-state index contributed by atoms with van der Waals surface area (Å²) in [4.78, 5) is 7.79. The van der Waals surface area contributed by atoms with Crippen LogP contribution in [0.3, 0.4) is 0 Å². The van der Waals surface area contributed by atoms with Crippen molar-refractivity contribution in [1.82, 2.24) is 0 Å². The van der Waals surface area contributed by atoms with Crippen molar-refractivity contribution in [1.29, 1.82) is 0 Å². The van der Waals surface area contributed by atoms with Crippen LogP contribution in [0.2, 0.25) is 0 Å². The number of hydrogen-bond donors (Lipinski definition) is 0. The Kier molecular flexibility index (Phi) is 7.96. The summed E-state index contributed by atoms with van der Waals surface area (Å²) in [6, 6.07) is 41.0. The number of rotatable bonds is 6. The van der Waals surface area contributed by atoms with Gasteiger partial charge in [-0.05, 0) is 115 Å². The zero-order chi connectivity index (χ0) is 37.3. The Labute approximate surface area is 327 Å². The fourth-order valence-corrected chi connectivity index (χ4v) is 10.8. The van der Waals surface area contributed by atoms with E-state index < -0.39 is 0 Å². The van der Waals surface area contributed by atoms with Crippen LogP contribution in [0.5, 0.6) is 0 Å². The van der Waals surface area contributed by atoms with Crippen LogP contribution in [0.15, 0.2) is 181 Å². The lowest BCUT2D eigenvalue weighted by Crippen LogP contribution is -2.62. The number of fused-ring (bicyclic) bond motifs is 8. The van der Waals surface area contributed by atoms with Crippen LogP contribution < -0.4 is 25.6 Å². The molecule has 1 saturated carbocycles.